The molecule has 0 fully saturated rings. The number of rotatable bonds is 5. The summed E-state index contributed by atoms with van der Waals surface area (Å²) in [4.78, 5) is 23.9. The maximum atomic E-state index is 12.0. The van der Waals surface area contributed by atoms with E-state index in [2.05, 4.69) is 28.1 Å². The summed E-state index contributed by atoms with van der Waals surface area (Å²) in [5, 5.41) is 8.40. The molecule has 1 aliphatic carbocycles. The molecule has 128 valence electrons. The van der Waals surface area contributed by atoms with E-state index in [1.165, 1.54) is 0 Å². The zero-order chi connectivity index (χ0) is 17.5. The molecule has 3 rings (SSSR count). The van der Waals surface area contributed by atoms with Crippen molar-refractivity contribution in [3.05, 3.63) is 66.7 Å². The van der Waals surface area contributed by atoms with Gasteiger partial charge in [-0.25, -0.2) is 4.79 Å². The lowest BCUT2D eigenvalue weighted by atomic mass is 10.1. The molecule has 0 spiro atoms. The third-order valence-electron chi connectivity index (χ3n) is 4.02. The Kier molecular flexibility index (Phi) is 5.46. The fourth-order valence-corrected chi connectivity index (χ4v) is 2.77. The third-order valence-corrected chi connectivity index (χ3v) is 4.02. The van der Waals surface area contributed by atoms with Crippen LogP contribution < -0.4 is 16.0 Å². The molecule has 0 aromatic heterocycles. The van der Waals surface area contributed by atoms with Gasteiger partial charge in [0.1, 0.15) is 0 Å². The van der Waals surface area contributed by atoms with Crippen LogP contribution in [0.2, 0.25) is 0 Å². The second-order valence-corrected chi connectivity index (χ2v) is 6.04. The lowest BCUT2D eigenvalue weighted by Crippen LogP contribution is -2.19. The monoisotopic (exact) mass is 335 g/mol. The van der Waals surface area contributed by atoms with Crippen molar-refractivity contribution in [3.63, 3.8) is 0 Å². The van der Waals surface area contributed by atoms with Gasteiger partial charge in [-0.15, -0.1) is 0 Å². The predicted molar refractivity (Wildman–Crippen MR) is 101 cm³/mol. The van der Waals surface area contributed by atoms with Gasteiger partial charge >= 0.3 is 6.03 Å². The van der Waals surface area contributed by atoms with Crippen molar-refractivity contribution >= 4 is 29.0 Å². The second kappa shape index (κ2) is 8.15. The Morgan fingerprint density at radius 3 is 2.04 bits per heavy atom. The second-order valence-electron chi connectivity index (χ2n) is 6.04. The highest BCUT2D eigenvalue weighted by Gasteiger charge is 2.14. The molecule has 25 heavy (non-hydrogen) atoms. The molecule has 0 saturated carbocycles. The van der Waals surface area contributed by atoms with Crippen molar-refractivity contribution in [2.75, 3.05) is 16.0 Å². The Labute approximate surface area is 147 Å². The largest absolute Gasteiger partial charge is 0.326 e. The van der Waals surface area contributed by atoms with Gasteiger partial charge in [0.25, 0.3) is 0 Å². The summed E-state index contributed by atoms with van der Waals surface area (Å²) in [5.74, 6) is 0.363. The number of allylic oxidation sites excluding steroid dienone is 2. The Balaban J connectivity index is 1.48. The number of urea groups is 1. The normalized spacial score (nSPS) is 15.6. The van der Waals surface area contributed by atoms with E-state index in [1.54, 1.807) is 24.3 Å². The van der Waals surface area contributed by atoms with Gasteiger partial charge in [-0.05, 0) is 55.2 Å². The molecule has 5 heteroatoms. The van der Waals surface area contributed by atoms with E-state index < -0.39 is 0 Å². The van der Waals surface area contributed by atoms with Crippen molar-refractivity contribution in [2.24, 2.45) is 5.92 Å². The molecule has 2 aromatic rings. The van der Waals surface area contributed by atoms with Gasteiger partial charge < -0.3 is 16.0 Å². The van der Waals surface area contributed by atoms with Crippen LogP contribution in [-0.2, 0) is 4.79 Å². The number of amides is 3. The van der Waals surface area contributed by atoms with Crippen molar-refractivity contribution in [3.8, 4) is 0 Å². The lowest BCUT2D eigenvalue weighted by Gasteiger charge is -2.10. The molecule has 0 saturated heterocycles. The fourth-order valence-electron chi connectivity index (χ4n) is 2.77. The summed E-state index contributed by atoms with van der Waals surface area (Å²) < 4.78 is 0. The minimum Gasteiger partial charge on any atom is -0.326 e. The summed E-state index contributed by atoms with van der Waals surface area (Å²) in [6.07, 6.45) is 6.85. The highest BCUT2D eigenvalue weighted by molar-refractivity contribution is 6.00. The summed E-state index contributed by atoms with van der Waals surface area (Å²) >= 11 is 0. The molecular formula is C20H21N3O2. The maximum absolute atomic E-state index is 12.0. The third kappa shape index (κ3) is 5.21. The fraction of sp³-hybridized carbons (Fsp3) is 0.200. The van der Waals surface area contributed by atoms with Crippen LogP contribution in [0, 0.1) is 5.92 Å². The molecule has 3 amide bonds. The van der Waals surface area contributed by atoms with E-state index in [0.29, 0.717) is 18.0 Å². The minimum atomic E-state index is -0.309. The van der Waals surface area contributed by atoms with E-state index in [-0.39, 0.29) is 11.9 Å². The SMILES string of the molecule is O=C(CC1C=CCC1)Nc1ccc(NC(=O)Nc2ccccc2)cc1. The Hall–Kier alpha value is -3.08. The standard InChI is InChI=1S/C20H21N3O2/c24-19(14-15-6-4-5-7-15)21-17-10-12-18(13-11-17)23-20(25)22-16-8-2-1-3-9-16/h1-4,6,8-13,15H,5,7,14H2,(H,21,24)(H2,22,23,25). The highest BCUT2D eigenvalue weighted by atomic mass is 16.2. The molecule has 0 aliphatic heterocycles. The predicted octanol–water partition coefficient (Wildman–Crippen LogP) is 4.63. The molecule has 0 radical (unpaired) electrons. The molecule has 2 aromatic carbocycles. The van der Waals surface area contributed by atoms with Crippen LogP contribution in [0.15, 0.2) is 66.7 Å². The molecular weight excluding hydrogens is 314 g/mol. The van der Waals surface area contributed by atoms with E-state index in [4.69, 9.17) is 0 Å². The summed E-state index contributed by atoms with van der Waals surface area (Å²) in [7, 11) is 0. The number of para-hydroxylation sites is 1. The molecule has 0 bridgehead atoms. The van der Waals surface area contributed by atoms with E-state index in [0.717, 1.165) is 24.2 Å². The van der Waals surface area contributed by atoms with Crippen molar-refractivity contribution in [2.45, 2.75) is 19.3 Å². The first-order valence-corrected chi connectivity index (χ1v) is 8.39. The smallest absolute Gasteiger partial charge is 0.323 e. The molecule has 1 aliphatic rings. The molecule has 1 unspecified atom stereocenters. The first-order valence-electron chi connectivity index (χ1n) is 8.39. The van der Waals surface area contributed by atoms with E-state index >= 15 is 0 Å². The molecule has 3 N–H and O–H groups in total. The number of carbonyl (C=O) groups excluding carboxylic acids is 2. The highest BCUT2D eigenvalue weighted by Crippen LogP contribution is 2.21. The average Bonchev–Trinajstić information content (AvgIpc) is 3.10. The number of nitrogens with one attached hydrogen (secondary N) is 3. The number of hydrogen-bond donors (Lipinski definition) is 3. The Morgan fingerprint density at radius 2 is 1.44 bits per heavy atom. The number of benzene rings is 2. The minimum absolute atomic E-state index is 0.0130. The van der Waals surface area contributed by atoms with Crippen LogP contribution in [0.1, 0.15) is 19.3 Å². The quantitative estimate of drug-likeness (QED) is 0.697. The Bertz CT molecular complexity index is 754. The van der Waals surface area contributed by atoms with Crippen molar-refractivity contribution in [1.82, 2.24) is 0 Å². The van der Waals surface area contributed by atoms with Gasteiger partial charge in [0.2, 0.25) is 5.91 Å². The lowest BCUT2D eigenvalue weighted by molar-refractivity contribution is -0.116. The number of anilines is 3. The first-order chi connectivity index (χ1) is 12.2. The van der Waals surface area contributed by atoms with Crippen LogP contribution in [0.5, 0.6) is 0 Å². The van der Waals surface area contributed by atoms with Gasteiger partial charge in [0.15, 0.2) is 0 Å². The maximum Gasteiger partial charge on any atom is 0.323 e. The van der Waals surface area contributed by atoms with Gasteiger partial charge in [0, 0.05) is 23.5 Å². The van der Waals surface area contributed by atoms with Crippen LogP contribution in [0.4, 0.5) is 21.9 Å². The van der Waals surface area contributed by atoms with Gasteiger partial charge in [-0.3, -0.25) is 4.79 Å². The summed E-state index contributed by atoms with van der Waals surface area (Å²) in [5.41, 5.74) is 2.11. The van der Waals surface area contributed by atoms with E-state index in [9.17, 15) is 9.59 Å². The zero-order valence-corrected chi connectivity index (χ0v) is 13.9. The Morgan fingerprint density at radius 1 is 0.840 bits per heavy atom. The number of hydrogen-bond acceptors (Lipinski definition) is 2. The molecule has 0 heterocycles. The van der Waals surface area contributed by atoms with Gasteiger partial charge in [-0.2, -0.15) is 0 Å². The summed E-state index contributed by atoms with van der Waals surface area (Å²) in [6, 6.07) is 16.0. The summed E-state index contributed by atoms with van der Waals surface area (Å²) in [6.45, 7) is 0. The first kappa shape index (κ1) is 16.8. The van der Waals surface area contributed by atoms with E-state index in [1.807, 2.05) is 30.3 Å². The van der Waals surface area contributed by atoms with Crippen molar-refractivity contribution < 1.29 is 9.59 Å². The van der Waals surface area contributed by atoms with Crippen molar-refractivity contribution in [1.29, 1.82) is 0 Å². The van der Waals surface area contributed by atoms with Gasteiger partial charge in [-0.1, -0.05) is 30.4 Å². The number of carbonyl (C=O) groups is 2. The van der Waals surface area contributed by atoms with Crippen LogP contribution in [0.25, 0.3) is 0 Å². The molecule has 1 atom stereocenters. The van der Waals surface area contributed by atoms with Gasteiger partial charge in [0.05, 0.1) is 0 Å². The topological polar surface area (TPSA) is 70.2 Å². The zero-order valence-electron chi connectivity index (χ0n) is 13.9. The van der Waals surface area contributed by atoms with Crippen LogP contribution in [0.3, 0.4) is 0 Å². The average molecular weight is 335 g/mol. The molecule has 5 nitrogen and oxygen atoms in total. The van der Waals surface area contributed by atoms with Crippen LogP contribution >= 0.6 is 0 Å². The van der Waals surface area contributed by atoms with Crippen LogP contribution in [-0.4, -0.2) is 11.9 Å².